The Hall–Kier alpha value is -8.72. The lowest BCUT2D eigenvalue weighted by molar-refractivity contribution is 0.0285. The predicted octanol–water partition coefficient (Wildman–Crippen LogP) is 14.1. The van der Waals surface area contributed by atoms with Gasteiger partial charge in [-0.15, -0.1) is 0 Å². The lowest BCUT2D eigenvalue weighted by Gasteiger charge is -2.24. The molecule has 0 aliphatic carbocycles. The van der Waals surface area contributed by atoms with E-state index in [4.69, 9.17) is 20.0 Å². The molecule has 26 nitrogen and oxygen atoms in total. The Bertz CT molecular complexity index is 5760. The summed E-state index contributed by atoms with van der Waals surface area (Å²) in [5.41, 5.74) is 4.60. The van der Waals surface area contributed by atoms with E-state index in [0.717, 1.165) is 61.6 Å². The molecule has 0 unspecified atom stereocenters. The number of halogens is 5. The van der Waals surface area contributed by atoms with Gasteiger partial charge in [-0.2, -0.15) is 8.42 Å². The highest BCUT2D eigenvalue weighted by Crippen LogP contribution is 2.33. The molecule has 13 rings (SSSR count). The number of rotatable bonds is 14. The highest BCUT2D eigenvalue weighted by molar-refractivity contribution is 9.11. The first kappa shape index (κ1) is 81.0. The Morgan fingerprint density at radius 1 is 0.529 bits per heavy atom. The number of aromatic nitrogens is 9. The first-order valence-corrected chi connectivity index (χ1v) is 41.2. The third-order valence-electron chi connectivity index (χ3n) is 14.2. The predicted molar refractivity (Wildman–Crippen MR) is 408 cm³/mol. The van der Waals surface area contributed by atoms with Crippen molar-refractivity contribution in [2.75, 3.05) is 14.1 Å². The summed E-state index contributed by atoms with van der Waals surface area (Å²) in [6.07, 6.45) is 21.0. The quantitative estimate of drug-likeness (QED) is 0.0517. The van der Waals surface area contributed by atoms with Crippen molar-refractivity contribution < 1.29 is 65.8 Å². The molecule has 1 amide bonds. The second-order valence-electron chi connectivity index (χ2n) is 22.7. The van der Waals surface area contributed by atoms with Crippen LogP contribution in [0, 0.1) is 0 Å². The SMILES string of the molecule is CN(Cc1cn(S(=O)(=O)c2cccnc2)c2cc(Br)ccc12)C(=O)OC(C)(C)C.CNCc1cn(S(=O)(=O)c2cccnc2)c2cc(Br)ccc12.O=Cc1c[nH]c2cc(Br)ccc12.O=Cc1cn(S(=O)(=O)c2cccnc2)c2cc(Br)ccc12.O=S(=O)(Cl)c1cccnc1.O=S(=O)(O)c1cccnc1. The molecule has 0 saturated heterocycles. The Labute approximate surface area is 636 Å². The van der Waals surface area contributed by atoms with Crippen LogP contribution in [0.15, 0.2) is 263 Å². The first-order valence-electron chi connectivity index (χ1n) is 29.9. The van der Waals surface area contributed by atoms with E-state index in [1.807, 2.05) is 55.6 Å². The molecule has 3 N–H and O–H groups in total. The maximum Gasteiger partial charge on any atom is 0.410 e. The number of H-pyrrole nitrogens is 1. The van der Waals surface area contributed by atoms with Gasteiger partial charge >= 0.3 is 6.09 Å². The normalized spacial score (nSPS) is 11.6. The number of aldehydes is 2. The van der Waals surface area contributed by atoms with Crippen molar-refractivity contribution in [3.8, 4) is 0 Å². The lowest BCUT2D eigenvalue weighted by atomic mass is 10.1. The Morgan fingerprint density at radius 3 is 1.26 bits per heavy atom. The van der Waals surface area contributed by atoms with Gasteiger partial charge in [0.15, 0.2) is 12.6 Å². The fourth-order valence-corrected chi connectivity index (χ4v) is 16.1. The first-order chi connectivity index (χ1) is 49.1. The second kappa shape index (κ2) is 34.9. The van der Waals surface area contributed by atoms with Crippen LogP contribution in [0.3, 0.4) is 0 Å². The maximum absolute atomic E-state index is 13.2. The van der Waals surface area contributed by atoms with Crippen LogP contribution < -0.4 is 5.32 Å². The van der Waals surface area contributed by atoms with Crippen molar-refractivity contribution in [2.24, 2.45) is 0 Å². The topological polar surface area (TPSA) is 362 Å². The van der Waals surface area contributed by atoms with Crippen LogP contribution in [0.4, 0.5) is 4.79 Å². The smallest absolute Gasteiger partial charge is 0.410 e. The van der Waals surface area contributed by atoms with Crippen molar-refractivity contribution in [2.45, 2.75) is 63.9 Å². The van der Waals surface area contributed by atoms with Gasteiger partial charge in [0.2, 0.25) is 0 Å². The molecule has 36 heteroatoms. The third kappa shape index (κ3) is 20.6. The van der Waals surface area contributed by atoms with E-state index in [1.54, 1.807) is 101 Å². The number of fused-ring (bicyclic) bond motifs is 4. The van der Waals surface area contributed by atoms with Crippen LogP contribution in [-0.4, -0.2) is 132 Å². The van der Waals surface area contributed by atoms with Gasteiger partial charge in [0, 0.05) is 167 Å². The average Bonchev–Trinajstić information content (AvgIpc) is 1.61. The molecule has 4 aromatic carbocycles. The number of nitrogens with one attached hydrogen (secondary N) is 2. The summed E-state index contributed by atoms with van der Waals surface area (Å²) >= 11 is 13.5. The van der Waals surface area contributed by atoms with Crippen LogP contribution in [0.25, 0.3) is 43.6 Å². The van der Waals surface area contributed by atoms with E-state index in [-0.39, 0.29) is 31.0 Å². The molecule has 9 aromatic heterocycles. The van der Waals surface area contributed by atoms with Crippen molar-refractivity contribution in [3.63, 3.8) is 0 Å². The molecule has 0 aliphatic heterocycles. The molecule has 0 spiro atoms. The van der Waals surface area contributed by atoms with E-state index in [1.165, 1.54) is 105 Å². The van der Waals surface area contributed by atoms with Gasteiger partial charge < -0.3 is 19.9 Å². The Morgan fingerprint density at radius 2 is 0.894 bits per heavy atom. The van der Waals surface area contributed by atoms with Crippen LogP contribution in [-0.2, 0) is 67.1 Å². The van der Waals surface area contributed by atoms with Gasteiger partial charge in [-0.25, -0.2) is 50.4 Å². The summed E-state index contributed by atoms with van der Waals surface area (Å²) < 4.78 is 140. The van der Waals surface area contributed by atoms with Crippen LogP contribution in [0.2, 0.25) is 0 Å². The fraction of sp³-hybridized carbons (Fsp3) is 0.118. The zero-order valence-electron chi connectivity index (χ0n) is 55.0. The molecule has 13 aromatic rings. The molecule has 104 heavy (non-hydrogen) atoms. The minimum atomic E-state index is -4.07. The zero-order chi connectivity index (χ0) is 76.0. The zero-order valence-corrected chi connectivity index (χ0v) is 66.2. The summed E-state index contributed by atoms with van der Waals surface area (Å²) in [4.78, 5) is 57.4. The van der Waals surface area contributed by atoms with E-state index < -0.39 is 60.9 Å². The summed E-state index contributed by atoms with van der Waals surface area (Å²) in [7, 11) is -10.5. The van der Waals surface area contributed by atoms with E-state index in [2.05, 4.69) is 98.9 Å². The Balaban J connectivity index is 0.000000165. The van der Waals surface area contributed by atoms with E-state index >= 15 is 0 Å². The van der Waals surface area contributed by atoms with Gasteiger partial charge in [0.05, 0.1) is 23.1 Å². The number of benzene rings is 4. The number of aromatic amines is 1. The molecule has 0 radical (unpaired) electrons. The highest BCUT2D eigenvalue weighted by Gasteiger charge is 2.27. The number of amides is 1. The summed E-state index contributed by atoms with van der Waals surface area (Å²) in [5.74, 6) is 0. The van der Waals surface area contributed by atoms with Gasteiger partial charge in [0.1, 0.15) is 30.1 Å². The van der Waals surface area contributed by atoms with Crippen molar-refractivity contribution >= 4 is 186 Å². The van der Waals surface area contributed by atoms with Crippen LogP contribution >= 0.6 is 74.4 Å². The number of hydrogen-bond acceptors (Lipinski definition) is 20. The minimum absolute atomic E-state index is 0.0247. The molecular weight excluding hydrogens is 1730 g/mol. The molecule has 0 atom stereocenters. The summed E-state index contributed by atoms with van der Waals surface area (Å²) in [6, 6.07) is 36.8. The van der Waals surface area contributed by atoms with Gasteiger partial charge in [-0.1, -0.05) is 88.0 Å². The number of ether oxygens (including phenoxy) is 1. The maximum atomic E-state index is 13.2. The van der Waals surface area contributed by atoms with Gasteiger partial charge in [-0.3, -0.25) is 39.1 Å². The fourth-order valence-electron chi connectivity index (χ4n) is 9.53. The molecule has 0 fully saturated rings. The average molecular weight is 1790 g/mol. The molecule has 0 bridgehead atoms. The van der Waals surface area contributed by atoms with Crippen LogP contribution in [0.5, 0.6) is 0 Å². The largest absolute Gasteiger partial charge is 0.444 e. The van der Waals surface area contributed by atoms with Crippen molar-refractivity contribution in [1.82, 2.24) is 52.0 Å². The van der Waals surface area contributed by atoms with Gasteiger partial charge in [-0.05, 0) is 148 Å². The number of nitrogens with zero attached hydrogens (tertiary/aromatic N) is 9. The lowest BCUT2D eigenvalue weighted by Crippen LogP contribution is -2.33. The molecule has 0 saturated carbocycles. The standard InChI is InChI=1S/C20H22BrN3O4S.C15H14BrN3O2S.C14H9BrN2O3S.C9H6BrNO.C5H4ClNO2S.C5H5NO3S/c1-20(2,3)28-19(25)23(4)12-14-13-24(18-10-15(21)7-8-17(14)18)29(26,27)16-6-5-9-22-11-16;1-17-8-11-10-19(15-7-12(16)4-5-14(11)15)22(20,21)13-3-2-6-18-9-13;15-11-3-4-13-10(9-18)8-17(14(13)6-11)21(19,20)12-2-1-5-16-7-12;10-7-1-2-8-6(5-12)4-11-9(8)3-7;6-10(8,9)5-2-1-3-7-4-5;7-10(8,9)5-2-1-3-6-4-5/h5-11,13H,12H2,1-4H3;2-7,9-10,17H,8H2,1H3;1-9H;1-5,11H;1-4H;1-4H,(H,7,8,9). The second-order valence-corrected chi connectivity index (χ2v) is 35.8. The number of pyridine rings is 5. The molecule has 9 heterocycles. The molecular formula is C68H60Br4ClN11O15S5. The van der Waals surface area contributed by atoms with Crippen molar-refractivity contribution in [1.29, 1.82) is 0 Å². The van der Waals surface area contributed by atoms with Crippen molar-refractivity contribution in [3.05, 3.63) is 260 Å². The minimum Gasteiger partial charge on any atom is -0.444 e. The number of hydrogen-bond donors (Lipinski definition) is 3. The van der Waals surface area contributed by atoms with Crippen LogP contribution in [0.1, 0.15) is 52.6 Å². The van der Waals surface area contributed by atoms with Gasteiger partial charge in [0.25, 0.3) is 49.2 Å². The molecule has 0 aliphatic rings. The number of carbonyl (C=O) groups is 3. The monoisotopic (exact) mass is 1780 g/mol. The number of carbonyl (C=O) groups excluding carboxylic acids is 3. The van der Waals surface area contributed by atoms with E-state index in [0.29, 0.717) is 51.5 Å². The third-order valence-corrected chi connectivity index (χ3v) is 23.3. The highest BCUT2D eigenvalue weighted by atomic mass is 79.9. The summed E-state index contributed by atoms with van der Waals surface area (Å²) in [6.45, 7) is 6.17. The summed E-state index contributed by atoms with van der Waals surface area (Å²) in [5, 5.41) is 6.25. The molecule has 542 valence electrons. The Kier molecular flexibility index (Phi) is 27.2. The van der Waals surface area contributed by atoms with E-state index in [9.17, 15) is 56.5 Å².